The molecule has 3 rings (SSSR count). The standard InChI is InChI=1S/C19H20N2O4S/c1-21(16-6-4-3-5-15(16)19(23)24-2)18(22)13-7-9-20-17(11-13)25-14-8-10-26-12-14/h3-7,9,11,14H,8,10,12H2,1-2H3. The van der Waals surface area contributed by atoms with E-state index in [4.69, 9.17) is 9.47 Å². The Bertz CT molecular complexity index is 806. The van der Waals surface area contributed by atoms with Crippen molar-refractivity contribution in [2.24, 2.45) is 0 Å². The Morgan fingerprint density at radius 1 is 1.27 bits per heavy atom. The Morgan fingerprint density at radius 2 is 2.08 bits per heavy atom. The Kier molecular flexibility index (Phi) is 5.78. The topological polar surface area (TPSA) is 68.7 Å². The van der Waals surface area contributed by atoms with Crippen molar-refractivity contribution in [3.8, 4) is 5.88 Å². The van der Waals surface area contributed by atoms with Crippen LogP contribution in [0.25, 0.3) is 0 Å². The predicted molar refractivity (Wildman–Crippen MR) is 101 cm³/mol. The molecule has 1 unspecified atom stereocenters. The smallest absolute Gasteiger partial charge is 0.339 e. The number of ether oxygens (including phenoxy) is 2. The number of nitrogens with zero attached hydrogens (tertiary/aromatic N) is 2. The molecule has 0 radical (unpaired) electrons. The summed E-state index contributed by atoms with van der Waals surface area (Å²) in [6.45, 7) is 0. The lowest BCUT2D eigenvalue weighted by Crippen LogP contribution is -2.28. The van der Waals surface area contributed by atoms with Crippen molar-refractivity contribution in [2.75, 3.05) is 30.6 Å². The van der Waals surface area contributed by atoms with Crippen LogP contribution in [-0.4, -0.2) is 48.6 Å². The summed E-state index contributed by atoms with van der Waals surface area (Å²) >= 11 is 1.85. The van der Waals surface area contributed by atoms with Crippen LogP contribution < -0.4 is 9.64 Å². The number of pyridine rings is 1. The second-order valence-electron chi connectivity index (χ2n) is 5.86. The van der Waals surface area contributed by atoms with Gasteiger partial charge in [-0.05, 0) is 30.4 Å². The highest BCUT2D eigenvalue weighted by molar-refractivity contribution is 7.99. The minimum absolute atomic E-state index is 0.135. The number of benzene rings is 1. The summed E-state index contributed by atoms with van der Waals surface area (Å²) in [5.41, 5.74) is 1.26. The molecule has 0 saturated carbocycles. The molecule has 1 aromatic carbocycles. The first-order valence-corrected chi connectivity index (χ1v) is 9.41. The quantitative estimate of drug-likeness (QED) is 0.752. The summed E-state index contributed by atoms with van der Waals surface area (Å²) in [7, 11) is 2.94. The molecule has 0 aliphatic carbocycles. The SMILES string of the molecule is COC(=O)c1ccccc1N(C)C(=O)c1ccnc(OC2CCSC2)c1. The number of aromatic nitrogens is 1. The Morgan fingerprint density at radius 3 is 2.81 bits per heavy atom. The minimum Gasteiger partial charge on any atom is -0.473 e. The van der Waals surface area contributed by atoms with Gasteiger partial charge in [-0.2, -0.15) is 11.8 Å². The minimum atomic E-state index is -0.488. The predicted octanol–water partition coefficient (Wildman–Crippen LogP) is 3.03. The molecule has 2 heterocycles. The molecule has 1 fully saturated rings. The van der Waals surface area contributed by atoms with Crippen LogP contribution in [0.15, 0.2) is 42.6 Å². The molecule has 1 saturated heterocycles. The van der Waals surface area contributed by atoms with E-state index in [1.54, 1.807) is 49.6 Å². The molecule has 0 spiro atoms. The fraction of sp³-hybridized carbons (Fsp3) is 0.316. The molecule has 26 heavy (non-hydrogen) atoms. The molecule has 1 aromatic heterocycles. The van der Waals surface area contributed by atoms with Gasteiger partial charge in [-0.25, -0.2) is 9.78 Å². The Labute approximate surface area is 156 Å². The first-order chi connectivity index (χ1) is 12.6. The van der Waals surface area contributed by atoms with E-state index < -0.39 is 5.97 Å². The van der Waals surface area contributed by atoms with E-state index in [1.807, 2.05) is 11.8 Å². The maximum Gasteiger partial charge on any atom is 0.339 e. The van der Waals surface area contributed by atoms with Gasteiger partial charge in [0.2, 0.25) is 5.88 Å². The summed E-state index contributed by atoms with van der Waals surface area (Å²) < 4.78 is 10.7. The largest absolute Gasteiger partial charge is 0.473 e. The highest BCUT2D eigenvalue weighted by Gasteiger charge is 2.22. The summed E-state index contributed by atoms with van der Waals surface area (Å²) in [6, 6.07) is 10.1. The van der Waals surface area contributed by atoms with Crippen molar-refractivity contribution < 1.29 is 19.1 Å². The van der Waals surface area contributed by atoms with Gasteiger partial charge < -0.3 is 14.4 Å². The first-order valence-electron chi connectivity index (χ1n) is 8.26. The zero-order valence-corrected chi connectivity index (χ0v) is 15.5. The average molecular weight is 372 g/mol. The number of hydrogen-bond acceptors (Lipinski definition) is 6. The number of esters is 1. The number of carbonyl (C=O) groups is 2. The number of rotatable bonds is 5. The van der Waals surface area contributed by atoms with Crippen LogP contribution in [0.4, 0.5) is 5.69 Å². The van der Waals surface area contributed by atoms with Gasteiger partial charge in [0.1, 0.15) is 6.10 Å². The molecule has 2 aromatic rings. The van der Waals surface area contributed by atoms with E-state index in [1.165, 1.54) is 12.0 Å². The van der Waals surface area contributed by atoms with E-state index >= 15 is 0 Å². The van der Waals surface area contributed by atoms with Crippen LogP contribution in [0.2, 0.25) is 0 Å². The van der Waals surface area contributed by atoms with Crippen LogP contribution in [-0.2, 0) is 4.74 Å². The first kappa shape index (κ1) is 18.3. The zero-order chi connectivity index (χ0) is 18.5. The van der Waals surface area contributed by atoms with Crippen molar-refractivity contribution in [1.29, 1.82) is 0 Å². The molecule has 1 amide bonds. The second-order valence-corrected chi connectivity index (χ2v) is 7.01. The maximum atomic E-state index is 12.9. The molecule has 1 aliphatic rings. The van der Waals surface area contributed by atoms with Gasteiger partial charge >= 0.3 is 5.97 Å². The summed E-state index contributed by atoms with van der Waals surface area (Å²) in [6.07, 6.45) is 2.68. The third-order valence-corrected chi connectivity index (χ3v) is 5.26. The summed E-state index contributed by atoms with van der Waals surface area (Å²) in [5.74, 6) is 1.72. The van der Waals surface area contributed by atoms with E-state index in [2.05, 4.69) is 4.98 Å². The highest BCUT2D eigenvalue weighted by atomic mass is 32.2. The lowest BCUT2D eigenvalue weighted by molar-refractivity contribution is 0.0601. The van der Waals surface area contributed by atoms with Crippen molar-refractivity contribution >= 4 is 29.3 Å². The number of hydrogen-bond donors (Lipinski definition) is 0. The van der Waals surface area contributed by atoms with E-state index in [0.717, 1.165) is 17.9 Å². The number of methoxy groups -OCH3 is 1. The summed E-state index contributed by atoms with van der Waals surface area (Å²) in [4.78, 5) is 30.5. The van der Waals surface area contributed by atoms with Gasteiger partial charge in [-0.3, -0.25) is 4.79 Å². The third-order valence-electron chi connectivity index (χ3n) is 4.13. The number of anilines is 1. The van der Waals surface area contributed by atoms with Crippen molar-refractivity contribution in [2.45, 2.75) is 12.5 Å². The second kappa shape index (κ2) is 8.23. The third kappa shape index (κ3) is 3.99. The Balaban J connectivity index is 1.82. The molecule has 136 valence electrons. The van der Waals surface area contributed by atoms with Crippen LogP contribution >= 0.6 is 11.8 Å². The number of thioether (sulfide) groups is 1. The number of amides is 1. The van der Waals surface area contributed by atoms with E-state index in [0.29, 0.717) is 22.7 Å². The maximum absolute atomic E-state index is 12.9. The molecule has 0 bridgehead atoms. The molecule has 1 atom stereocenters. The van der Waals surface area contributed by atoms with Crippen molar-refractivity contribution in [3.05, 3.63) is 53.7 Å². The van der Waals surface area contributed by atoms with Gasteiger partial charge in [0.15, 0.2) is 0 Å². The lowest BCUT2D eigenvalue weighted by atomic mass is 10.1. The van der Waals surface area contributed by atoms with Crippen LogP contribution in [0.1, 0.15) is 27.1 Å². The van der Waals surface area contributed by atoms with Crippen molar-refractivity contribution in [3.63, 3.8) is 0 Å². The Hall–Kier alpha value is -2.54. The number of para-hydroxylation sites is 1. The van der Waals surface area contributed by atoms with Crippen LogP contribution in [0, 0.1) is 0 Å². The van der Waals surface area contributed by atoms with Crippen LogP contribution in [0.3, 0.4) is 0 Å². The van der Waals surface area contributed by atoms with Gasteiger partial charge in [0.25, 0.3) is 5.91 Å². The fourth-order valence-electron chi connectivity index (χ4n) is 2.74. The molecule has 6 nitrogen and oxygen atoms in total. The van der Waals surface area contributed by atoms with Gasteiger partial charge in [-0.1, -0.05) is 12.1 Å². The molecular weight excluding hydrogens is 352 g/mol. The molecule has 0 N–H and O–H groups in total. The van der Waals surface area contributed by atoms with Crippen molar-refractivity contribution in [1.82, 2.24) is 4.98 Å². The molecule has 1 aliphatic heterocycles. The monoisotopic (exact) mass is 372 g/mol. The van der Waals surface area contributed by atoms with E-state index in [-0.39, 0.29) is 12.0 Å². The normalized spacial score (nSPS) is 16.2. The molecular formula is C19H20N2O4S. The highest BCUT2D eigenvalue weighted by Crippen LogP contribution is 2.24. The van der Waals surface area contributed by atoms with Gasteiger partial charge in [-0.15, -0.1) is 0 Å². The van der Waals surface area contributed by atoms with Crippen LogP contribution in [0.5, 0.6) is 5.88 Å². The van der Waals surface area contributed by atoms with Gasteiger partial charge in [0.05, 0.1) is 18.4 Å². The lowest BCUT2D eigenvalue weighted by Gasteiger charge is -2.20. The number of carbonyl (C=O) groups excluding carboxylic acids is 2. The average Bonchev–Trinajstić information content (AvgIpc) is 3.19. The summed E-state index contributed by atoms with van der Waals surface area (Å²) in [5, 5.41) is 0. The van der Waals surface area contributed by atoms with E-state index in [9.17, 15) is 9.59 Å². The molecule has 7 heteroatoms. The fourth-order valence-corrected chi connectivity index (χ4v) is 3.83. The zero-order valence-electron chi connectivity index (χ0n) is 14.7. The van der Waals surface area contributed by atoms with Gasteiger partial charge in [0, 0.05) is 30.6 Å².